The number of anilines is 2. The van der Waals surface area contributed by atoms with Gasteiger partial charge in [0.25, 0.3) is 5.91 Å². The maximum absolute atomic E-state index is 12.4. The zero-order chi connectivity index (χ0) is 18.5. The van der Waals surface area contributed by atoms with Crippen LogP contribution in [-0.2, 0) is 6.54 Å². The number of hydrogen-bond donors (Lipinski definition) is 2. The van der Waals surface area contributed by atoms with Gasteiger partial charge in [0.05, 0.1) is 15.7 Å². The fourth-order valence-electron chi connectivity index (χ4n) is 2.27. The lowest BCUT2D eigenvalue weighted by molar-refractivity contribution is 0.0945. The minimum Gasteiger partial charge on any atom is -0.347 e. The van der Waals surface area contributed by atoms with E-state index in [1.807, 2.05) is 12.1 Å². The Morgan fingerprint density at radius 1 is 1.08 bits per heavy atom. The number of halogens is 2. The van der Waals surface area contributed by atoms with Crippen LogP contribution in [0.25, 0.3) is 0 Å². The number of rotatable bonds is 5. The minimum absolute atomic E-state index is 0.247. The Morgan fingerprint density at radius 2 is 1.77 bits per heavy atom. The van der Waals surface area contributed by atoms with Crippen molar-refractivity contribution in [2.24, 2.45) is 0 Å². The molecule has 0 bridgehead atoms. The third-order valence-electron chi connectivity index (χ3n) is 3.49. The maximum atomic E-state index is 12.4. The smallest absolute Gasteiger partial charge is 0.270 e. The molecule has 8 heteroatoms. The number of carbonyl (C=O) groups excluding carboxylic acids is 1. The van der Waals surface area contributed by atoms with Crippen LogP contribution in [0.5, 0.6) is 0 Å². The van der Waals surface area contributed by atoms with E-state index < -0.39 is 0 Å². The number of nitrogens with zero attached hydrogens (tertiary/aromatic N) is 3. The first-order valence-electron chi connectivity index (χ1n) is 7.77. The molecule has 132 valence electrons. The third-order valence-corrected chi connectivity index (χ3v) is 4.12. The summed E-state index contributed by atoms with van der Waals surface area (Å²) in [6.45, 7) is 2.09. The summed E-state index contributed by atoms with van der Waals surface area (Å²) in [5.74, 6) is 0.578. The highest BCUT2D eigenvalue weighted by molar-refractivity contribution is 6.39. The third kappa shape index (κ3) is 4.47. The van der Waals surface area contributed by atoms with Crippen molar-refractivity contribution in [1.82, 2.24) is 20.3 Å². The van der Waals surface area contributed by atoms with Gasteiger partial charge >= 0.3 is 0 Å². The van der Waals surface area contributed by atoms with Crippen LogP contribution in [0.15, 0.2) is 48.8 Å². The summed E-state index contributed by atoms with van der Waals surface area (Å²) in [6, 6.07) is 10.4. The normalized spacial score (nSPS) is 10.4. The molecular formula is C18H15Cl2N5O. The fourth-order valence-corrected chi connectivity index (χ4v) is 2.76. The number of nitrogens with one attached hydrogen (secondary N) is 2. The molecule has 0 fully saturated rings. The van der Waals surface area contributed by atoms with E-state index in [2.05, 4.69) is 25.6 Å². The van der Waals surface area contributed by atoms with E-state index in [9.17, 15) is 4.79 Å². The highest BCUT2D eigenvalue weighted by Crippen LogP contribution is 2.32. The Kier molecular flexibility index (Phi) is 5.65. The van der Waals surface area contributed by atoms with Crippen LogP contribution in [-0.4, -0.2) is 20.9 Å². The second-order valence-electron chi connectivity index (χ2n) is 5.45. The van der Waals surface area contributed by atoms with Crippen molar-refractivity contribution in [3.8, 4) is 0 Å². The summed E-state index contributed by atoms with van der Waals surface area (Å²) in [5.41, 5.74) is 1.72. The molecule has 0 aliphatic carbocycles. The molecule has 2 aromatic heterocycles. The van der Waals surface area contributed by atoms with Crippen LogP contribution in [0, 0.1) is 6.92 Å². The van der Waals surface area contributed by atoms with Crippen LogP contribution in [0.1, 0.15) is 21.9 Å². The average Bonchev–Trinajstić information content (AvgIpc) is 2.63. The van der Waals surface area contributed by atoms with E-state index in [4.69, 9.17) is 23.2 Å². The quantitative estimate of drug-likeness (QED) is 0.686. The zero-order valence-electron chi connectivity index (χ0n) is 13.8. The van der Waals surface area contributed by atoms with E-state index in [0.29, 0.717) is 33.9 Å². The standard InChI is InChI=1S/C18H15Cl2N5O/c1-11-23-15(18(26)22-10-12-5-7-21-8-6-12)9-16(24-11)25-17-13(19)3-2-4-14(17)20/h2-9H,10H2,1H3,(H,22,26)(H,23,24,25). The van der Waals surface area contributed by atoms with E-state index in [1.165, 1.54) is 0 Å². The van der Waals surface area contributed by atoms with Gasteiger partial charge in [-0.2, -0.15) is 0 Å². The van der Waals surface area contributed by atoms with Crippen molar-refractivity contribution >= 4 is 40.6 Å². The molecule has 0 radical (unpaired) electrons. The van der Waals surface area contributed by atoms with E-state index in [-0.39, 0.29) is 11.6 Å². The number of aromatic nitrogens is 3. The second-order valence-corrected chi connectivity index (χ2v) is 6.26. The predicted molar refractivity (Wildman–Crippen MR) is 102 cm³/mol. The first kappa shape index (κ1) is 18.1. The molecule has 0 aliphatic heterocycles. The predicted octanol–water partition coefficient (Wildman–Crippen LogP) is 4.16. The molecule has 26 heavy (non-hydrogen) atoms. The average molecular weight is 388 g/mol. The molecule has 0 atom stereocenters. The van der Waals surface area contributed by atoms with Crippen molar-refractivity contribution in [3.05, 3.63) is 75.9 Å². The Bertz CT molecular complexity index is 914. The molecule has 1 amide bonds. The molecule has 1 aromatic carbocycles. The summed E-state index contributed by atoms with van der Waals surface area (Å²) in [7, 11) is 0. The number of amides is 1. The maximum Gasteiger partial charge on any atom is 0.270 e. The molecule has 0 unspecified atom stereocenters. The Balaban J connectivity index is 1.78. The Hall–Kier alpha value is -2.70. The number of carbonyl (C=O) groups is 1. The number of aryl methyl sites for hydroxylation is 1. The van der Waals surface area contributed by atoms with Gasteiger partial charge in [0.1, 0.15) is 17.3 Å². The molecule has 6 nitrogen and oxygen atoms in total. The summed E-state index contributed by atoms with van der Waals surface area (Å²) in [4.78, 5) is 24.8. The van der Waals surface area contributed by atoms with Crippen molar-refractivity contribution < 1.29 is 4.79 Å². The minimum atomic E-state index is -0.305. The van der Waals surface area contributed by atoms with Crippen molar-refractivity contribution in [2.75, 3.05) is 5.32 Å². The number of para-hydroxylation sites is 1. The topological polar surface area (TPSA) is 79.8 Å². The summed E-state index contributed by atoms with van der Waals surface area (Å²) >= 11 is 12.3. The van der Waals surface area contributed by atoms with E-state index in [0.717, 1.165) is 5.56 Å². The molecular weight excluding hydrogens is 373 g/mol. The molecule has 0 saturated carbocycles. The van der Waals surface area contributed by atoms with Gasteiger partial charge < -0.3 is 10.6 Å². The number of pyridine rings is 1. The van der Waals surface area contributed by atoms with Crippen LogP contribution in [0.2, 0.25) is 10.0 Å². The van der Waals surface area contributed by atoms with Gasteiger partial charge in [-0.25, -0.2) is 9.97 Å². The van der Waals surface area contributed by atoms with Gasteiger partial charge in [-0.3, -0.25) is 9.78 Å². The highest BCUT2D eigenvalue weighted by atomic mass is 35.5. The Labute approximate surface area is 160 Å². The molecule has 0 spiro atoms. The van der Waals surface area contributed by atoms with Gasteiger partial charge in [-0.05, 0) is 36.8 Å². The van der Waals surface area contributed by atoms with Gasteiger partial charge in [-0.15, -0.1) is 0 Å². The largest absolute Gasteiger partial charge is 0.347 e. The first-order valence-corrected chi connectivity index (χ1v) is 8.52. The highest BCUT2D eigenvalue weighted by Gasteiger charge is 2.12. The van der Waals surface area contributed by atoms with Crippen molar-refractivity contribution in [1.29, 1.82) is 0 Å². The zero-order valence-corrected chi connectivity index (χ0v) is 15.3. The van der Waals surface area contributed by atoms with Crippen LogP contribution in [0.4, 0.5) is 11.5 Å². The summed E-state index contributed by atoms with van der Waals surface area (Å²) in [6.07, 6.45) is 3.34. The lowest BCUT2D eigenvalue weighted by atomic mass is 10.2. The molecule has 0 aliphatic rings. The van der Waals surface area contributed by atoms with Crippen LogP contribution in [0.3, 0.4) is 0 Å². The number of hydrogen-bond acceptors (Lipinski definition) is 5. The molecule has 2 N–H and O–H groups in total. The van der Waals surface area contributed by atoms with E-state index >= 15 is 0 Å². The van der Waals surface area contributed by atoms with Crippen LogP contribution < -0.4 is 10.6 Å². The molecule has 3 aromatic rings. The first-order chi connectivity index (χ1) is 12.5. The van der Waals surface area contributed by atoms with Crippen molar-refractivity contribution in [3.63, 3.8) is 0 Å². The van der Waals surface area contributed by atoms with E-state index in [1.54, 1.807) is 43.6 Å². The second kappa shape index (κ2) is 8.12. The SMILES string of the molecule is Cc1nc(Nc2c(Cl)cccc2Cl)cc(C(=O)NCc2ccncc2)n1. The lowest BCUT2D eigenvalue weighted by Gasteiger charge is -2.11. The molecule has 3 rings (SSSR count). The van der Waals surface area contributed by atoms with Gasteiger partial charge in [0.15, 0.2) is 0 Å². The van der Waals surface area contributed by atoms with Gasteiger partial charge in [0.2, 0.25) is 0 Å². The molecule has 0 saturated heterocycles. The van der Waals surface area contributed by atoms with Crippen molar-refractivity contribution in [2.45, 2.75) is 13.5 Å². The number of benzene rings is 1. The summed E-state index contributed by atoms with van der Waals surface area (Å²) < 4.78 is 0. The molecule has 2 heterocycles. The van der Waals surface area contributed by atoms with Crippen LogP contribution >= 0.6 is 23.2 Å². The van der Waals surface area contributed by atoms with Gasteiger partial charge in [-0.1, -0.05) is 29.3 Å². The fraction of sp³-hybridized carbons (Fsp3) is 0.111. The monoisotopic (exact) mass is 387 g/mol. The lowest BCUT2D eigenvalue weighted by Crippen LogP contribution is -2.24. The van der Waals surface area contributed by atoms with Gasteiger partial charge in [0, 0.05) is 25.0 Å². The Morgan fingerprint density at radius 3 is 2.46 bits per heavy atom. The summed E-state index contributed by atoms with van der Waals surface area (Å²) in [5, 5.41) is 6.78.